The molecule has 6 heteroatoms. The second kappa shape index (κ2) is 10.00. The van der Waals surface area contributed by atoms with Gasteiger partial charge in [-0.05, 0) is 52.0 Å². The molecule has 0 atom stereocenters. The Bertz CT molecular complexity index is 637. The Morgan fingerprint density at radius 3 is 2.04 bits per heavy atom. The zero-order chi connectivity index (χ0) is 19.7. The van der Waals surface area contributed by atoms with Crippen LogP contribution in [0.5, 0.6) is 0 Å². The average molecular weight is 374 g/mol. The van der Waals surface area contributed by atoms with E-state index < -0.39 is 17.8 Å². The Hall–Kier alpha value is -2.50. The highest BCUT2D eigenvalue weighted by Gasteiger charge is 2.30. The molecule has 2 rings (SSSR count). The van der Waals surface area contributed by atoms with Crippen molar-refractivity contribution in [2.75, 3.05) is 13.1 Å². The molecule has 27 heavy (non-hydrogen) atoms. The lowest BCUT2D eigenvalue weighted by Crippen LogP contribution is -2.52. The van der Waals surface area contributed by atoms with Crippen LogP contribution in [0, 0.1) is 0 Å². The standard InChI is InChI=1S/C21H30N2O4/c1-21(2,3)27-20(25)23-16-12-7-5-4-6-11-15-22(23)19(24)26-17-18-13-9-8-10-14-18/h4-5,8-10,13-14H,6-7,11-12,15-17H2,1-3H3/b5-4+. The normalized spacial score (nSPS) is 17.1. The van der Waals surface area contributed by atoms with E-state index in [2.05, 4.69) is 12.2 Å². The number of nitrogens with zero attached hydrogens (tertiary/aromatic N) is 2. The van der Waals surface area contributed by atoms with Gasteiger partial charge in [0.2, 0.25) is 0 Å². The summed E-state index contributed by atoms with van der Waals surface area (Å²) < 4.78 is 11.0. The molecule has 148 valence electrons. The van der Waals surface area contributed by atoms with Gasteiger partial charge in [-0.15, -0.1) is 0 Å². The van der Waals surface area contributed by atoms with Crippen molar-refractivity contribution < 1.29 is 19.1 Å². The van der Waals surface area contributed by atoms with E-state index in [1.807, 2.05) is 51.1 Å². The Morgan fingerprint density at radius 2 is 1.48 bits per heavy atom. The minimum Gasteiger partial charge on any atom is -0.443 e. The number of hydrogen-bond acceptors (Lipinski definition) is 4. The summed E-state index contributed by atoms with van der Waals surface area (Å²) in [7, 11) is 0. The number of carbonyl (C=O) groups excluding carboxylic acids is 2. The molecule has 1 heterocycles. The van der Waals surface area contributed by atoms with E-state index in [1.54, 1.807) is 0 Å². The molecule has 0 fully saturated rings. The zero-order valence-corrected chi connectivity index (χ0v) is 16.5. The number of ether oxygens (including phenoxy) is 2. The smallest absolute Gasteiger partial charge is 0.429 e. The lowest BCUT2D eigenvalue weighted by molar-refractivity contribution is -0.0489. The first-order valence-electron chi connectivity index (χ1n) is 9.50. The fourth-order valence-corrected chi connectivity index (χ4v) is 2.68. The van der Waals surface area contributed by atoms with Crippen molar-refractivity contribution in [1.82, 2.24) is 10.0 Å². The highest BCUT2D eigenvalue weighted by molar-refractivity contribution is 5.74. The highest BCUT2D eigenvalue weighted by Crippen LogP contribution is 2.16. The number of amides is 2. The van der Waals surface area contributed by atoms with Crippen molar-refractivity contribution >= 4 is 12.2 Å². The van der Waals surface area contributed by atoms with Crippen molar-refractivity contribution in [3.8, 4) is 0 Å². The van der Waals surface area contributed by atoms with Gasteiger partial charge in [-0.2, -0.15) is 0 Å². The van der Waals surface area contributed by atoms with Crippen LogP contribution in [0.2, 0.25) is 0 Å². The molecule has 0 radical (unpaired) electrons. The van der Waals surface area contributed by atoms with Crippen LogP contribution in [0.25, 0.3) is 0 Å². The molecular formula is C21H30N2O4. The summed E-state index contributed by atoms with van der Waals surface area (Å²) in [4.78, 5) is 25.5. The predicted octanol–water partition coefficient (Wildman–Crippen LogP) is 4.91. The summed E-state index contributed by atoms with van der Waals surface area (Å²) in [6.45, 7) is 6.40. The second-order valence-electron chi connectivity index (χ2n) is 7.52. The number of hydrogen-bond donors (Lipinski definition) is 0. The average Bonchev–Trinajstić information content (AvgIpc) is 2.63. The fourth-order valence-electron chi connectivity index (χ4n) is 2.68. The van der Waals surface area contributed by atoms with Gasteiger partial charge in [0.25, 0.3) is 0 Å². The third kappa shape index (κ3) is 7.33. The van der Waals surface area contributed by atoms with Crippen molar-refractivity contribution in [3.63, 3.8) is 0 Å². The van der Waals surface area contributed by atoms with Crippen LogP contribution >= 0.6 is 0 Å². The van der Waals surface area contributed by atoms with Gasteiger partial charge in [0.05, 0.1) is 0 Å². The van der Waals surface area contributed by atoms with Gasteiger partial charge in [-0.1, -0.05) is 42.5 Å². The maximum absolute atomic E-state index is 12.8. The quantitative estimate of drug-likeness (QED) is 0.690. The van der Waals surface area contributed by atoms with E-state index in [1.165, 1.54) is 10.0 Å². The molecule has 0 saturated heterocycles. The van der Waals surface area contributed by atoms with Gasteiger partial charge in [-0.25, -0.2) is 19.6 Å². The molecule has 2 amide bonds. The van der Waals surface area contributed by atoms with Crippen molar-refractivity contribution in [2.24, 2.45) is 0 Å². The van der Waals surface area contributed by atoms with E-state index in [0.29, 0.717) is 13.1 Å². The van der Waals surface area contributed by atoms with Gasteiger partial charge in [0.1, 0.15) is 12.2 Å². The van der Waals surface area contributed by atoms with Crippen LogP contribution in [-0.2, 0) is 16.1 Å². The molecule has 0 aliphatic carbocycles. The van der Waals surface area contributed by atoms with Crippen LogP contribution in [0.3, 0.4) is 0 Å². The van der Waals surface area contributed by atoms with Crippen LogP contribution in [-0.4, -0.2) is 40.9 Å². The van der Waals surface area contributed by atoms with Crippen LogP contribution in [0.1, 0.15) is 52.0 Å². The number of hydrazine groups is 1. The van der Waals surface area contributed by atoms with E-state index >= 15 is 0 Å². The zero-order valence-electron chi connectivity index (χ0n) is 16.5. The van der Waals surface area contributed by atoms with Crippen LogP contribution < -0.4 is 0 Å². The molecule has 0 N–H and O–H groups in total. The minimum atomic E-state index is -0.633. The van der Waals surface area contributed by atoms with Crippen molar-refractivity contribution in [1.29, 1.82) is 0 Å². The number of carbonyl (C=O) groups is 2. The van der Waals surface area contributed by atoms with Crippen LogP contribution in [0.4, 0.5) is 9.59 Å². The second-order valence-corrected chi connectivity index (χ2v) is 7.52. The summed E-state index contributed by atoms with van der Waals surface area (Å²) in [6, 6.07) is 9.49. The number of benzene rings is 1. The maximum atomic E-state index is 12.8. The summed E-state index contributed by atoms with van der Waals surface area (Å²) in [5, 5.41) is 2.77. The molecule has 0 spiro atoms. The summed E-state index contributed by atoms with van der Waals surface area (Å²) >= 11 is 0. The van der Waals surface area contributed by atoms with Crippen molar-refractivity contribution in [3.05, 3.63) is 48.0 Å². The molecule has 1 aromatic carbocycles. The molecule has 1 aliphatic heterocycles. The lowest BCUT2D eigenvalue weighted by Gasteiger charge is -2.35. The maximum Gasteiger partial charge on any atom is 0.429 e. The van der Waals surface area contributed by atoms with E-state index in [4.69, 9.17) is 9.47 Å². The molecule has 1 aliphatic rings. The fraction of sp³-hybridized carbons (Fsp3) is 0.524. The Balaban J connectivity index is 2.11. The Kier molecular flexibility index (Phi) is 7.70. The molecule has 1 aromatic rings. The lowest BCUT2D eigenvalue weighted by atomic mass is 10.2. The first-order chi connectivity index (χ1) is 12.9. The van der Waals surface area contributed by atoms with E-state index in [-0.39, 0.29) is 6.61 Å². The Morgan fingerprint density at radius 1 is 0.926 bits per heavy atom. The molecular weight excluding hydrogens is 344 g/mol. The van der Waals surface area contributed by atoms with E-state index in [0.717, 1.165) is 31.2 Å². The first-order valence-corrected chi connectivity index (χ1v) is 9.50. The summed E-state index contributed by atoms with van der Waals surface area (Å²) in [5.41, 5.74) is 0.269. The van der Waals surface area contributed by atoms with Gasteiger partial charge in [0, 0.05) is 13.1 Å². The third-order valence-electron chi connectivity index (χ3n) is 3.96. The van der Waals surface area contributed by atoms with Gasteiger partial charge >= 0.3 is 12.2 Å². The Labute approximate surface area is 161 Å². The van der Waals surface area contributed by atoms with Crippen molar-refractivity contribution in [2.45, 2.75) is 58.7 Å². The molecule has 0 unspecified atom stereocenters. The monoisotopic (exact) mass is 374 g/mol. The van der Waals surface area contributed by atoms with Gasteiger partial charge in [0.15, 0.2) is 0 Å². The number of allylic oxidation sites excluding steroid dienone is 2. The summed E-state index contributed by atoms with van der Waals surface area (Å²) in [6.07, 6.45) is 6.39. The topological polar surface area (TPSA) is 59.1 Å². The molecule has 0 aromatic heterocycles. The molecule has 0 bridgehead atoms. The molecule has 6 nitrogen and oxygen atoms in total. The predicted molar refractivity (Wildman–Crippen MR) is 104 cm³/mol. The van der Waals surface area contributed by atoms with Gasteiger partial charge < -0.3 is 9.47 Å². The summed E-state index contributed by atoms with van der Waals surface area (Å²) in [5.74, 6) is 0. The third-order valence-corrected chi connectivity index (χ3v) is 3.96. The number of rotatable bonds is 2. The largest absolute Gasteiger partial charge is 0.443 e. The SMILES string of the molecule is CC(C)(C)OC(=O)N1CCC/C=C/CCCN1C(=O)OCc1ccccc1. The van der Waals surface area contributed by atoms with E-state index in [9.17, 15) is 9.59 Å². The molecule has 0 saturated carbocycles. The minimum absolute atomic E-state index is 0.165. The van der Waals surface area contributed by atoms with Gasteiger partial charge in [-0.3, -0.25) is 0 Å². The van der Waals surface area contributed by atoms with Crippen LogP contribution in [0.15, 0.2) is 42.5 Å². The first kappa shape index (κ1) is 20.8. The highest BCUT2D eigenvalue weighted by atomic mass is 16.6.